The SMILES string of the molecule is Cc1ccc(C2=C(Nc3ccc(N(C)C)cc3)C(=O)N(c3cc(C)ccc3C)C2=O)c(C)c1. The Morgan fingerprint density at radius 1 is 0.727 bits per heavy atom. The van der Waals surface area contributed by atoms with Gasteiger partial charge in [0.15, 0.2) is 0 Å². The zero-order valence-electron chi connectivity index (χ0n) is 20.0. The maximum absolute atomic E-state index is 13.8. The Morgan fingerprint density at radius 2 is 1.36 bits per heavy atom. The number of carbonyl (C=O) groups is 2. The Labute approximate surface area is 195 Å². The van der Waals surface area contributed by atoms with Crippen molar-refractivity contribution in [1.82, 2.24) is 0 Å². The van der Waals surface area contributed by atoms with Crippen LogP contribution in [0.3, 0.4) is 0 Å². The van der Waals surface area contributed by atoms with E-state index in [0.29, 0.717) is 17.0 Å². The van der Waals surface area contributed by atoms with Gasteiger partial charge in [0, 0.05) is 25.5 Å². The molecule has 2 amide bonds. The standard InChI is InChI=1S/C28H29N3O2/c1-17-8-14-23(20(4)15-17)25-26(29-21-10-12-22(13-11-21)30(5)6)28(33)31(27(25)32)24-16-18(2)7-9-19(24)3/h7-16,29H,1-6H3. The molecule has 0 radical (unpaired) electrons. The van der Waals surface area contributed by atoms with Crippen molar-refractivity contribution < 1.29 is 9.59 Å². The summed E-state index contributed by atoms with van der Waals surface area (Å²) in [6, 6.07) is 19.5. The van der Waals surface area contributed by atoms with Gasteiger partial charge in [0.1, 0.15) is 5.70 Å². The van der Waals surface area contributed by atoms with Crippen molar-refractivity contribution in [2.24, 2.45) is 0 Å². The van der Waals surface area contributed by atoms with E-state index in [1.165, 1.54) is 4.90 Å². The average Bonchev–Trinajstić information content (AvgIpc) is 3.00. The van der Waals surface area contributed by atoms with Crippen LogP contribution in [0.25, 0.3) is 5.57 Å². The summed E-state index contributed by atoms with van der Waals surface area (Å²) in [4.78, 5) is 30.8. The Bertz CT molecular complexity index is 1290. The van der Waals surface area contributed by atoms with E-state index in [1.54, 1.807) is 0 Å². The summed E-state index contributed by atoms with van der Waals surface area (Å²) in [5.41, 5.74) is 7.80. The molecule has 0 saturated heterocycles. The molecule has 3 aromatic carbocycles. The molecule has 0 unspecified atom stereocenters. The first-order valence-corrected chi connectivity index (χ1v) is 11.0. The molecule has 0 fully saturated rings. The van der Waals surface area contributed by atoms with E-state index in [-0.39, 0.29) is 11.8 Å². The molecule has 5 heteroatoms. The molecule has 0 aliphatic carbocycles. The minimum Gasteiger partial charge on any atom is -0.378 e. The predicted molar refractivity (Wildman–Crippen MR) is 136 cm³/mol. The highest BCUT2D eigenvalue weighted by molar-refractivity contribution is 6.46. The predicted octanol–water partition coefficient (Wildman–Crippen LogP) is 5.38. The number of imide groups is 1. The molecule has 0 bridgehead atoms. The third-order valence-corrected chi connectivity index (χ3v) is 5.99. The van der Waals surface area contributed by atoms with Crippen molar-refractivity contribution in [3.05, 3.63) is 94.2 Å². The molecule has 4 rings (SSSR count). The van der Waals surface area contributed by atoms with E-state index in [9.17, 15) is 9.59 Å². The second-order valence-electron chi connectivity index (χ2n) is 8.87. The van der Waals surface area contributed by atoms with E-state index in [1.807, 2.05) is 107 Å². The van der Waals surface area contributed by atoms with Crippen LogP contribution in [0.4, 0.5) is 17.1 Å². The van der Waals surface area contributed by atoms with Crippen LogP contribution in [0.15, 0.2) is 66.4 Å². The first kappa shape index (κ1) is 22.3. The fraction of sp³-hybridized carbons (Fsp3) is 0.214. The Balaban J connectivity index is 1.85. The number of aryl methyl sites for hydroxylation is 4. The van der Waals surface area contributed by atoms with Crippen molar-refractivity contribution in [2.75, 3.05) is 29.2 Å². The van der Waals surface area contributed by atoms with Crippen LogP contribution >= 0.6 is 0 Å². The van der Waals surface area contributed by atoms with Gasteiger partial charge in [0.2, 0.25) is 0 Å². The third kappa shape index (κ3) is 4.14. The van der Waals surface area contributed by atoms with Gasteiger partial charge in [-0.2, -0.15) is 0 Å². The molecule has 0 spiro atoms. The fourth-order valence-corrected chi connectivity index (χ4v) is 4.16. The first-order valence-electron chi connectivity index (χ1n) is 11.0. The smallest absolute Gasteiger partial charge is 0.282 e. The maximum atomic E-state index is 13.8. The number of rotatable bonds is 5. The zero-order valence-corrected chi connectivity index (χ0v) is 20.0. The number of anilines is 3. The van der Waals surface area contributed by atoms with Gasteiger partial charge < -0.3 is 10.2 Å². The molecule has 0 atom stereocenters. The summed E-state index contributed by atoms with van der Waals surface area (Å²) < 4.78 is 0. The lowest BCUT2D eigenvalue weighted by molar-refractivity contribution is -0.120. The van der Waals surface area contributed by atoms with Crippen LogP contribution in [0.2, 0.25) is 0 Å². The van der Waals surface area contributed by atoms with Crippen LogP contribution < -0.4 is 15.1 Å². The lowest BCUT2D eigenvalue weighted by atomic mass is 9.97. The van der Waals surface area contributed by atoms with E-state index < -0.39 is 0 Å². The lowest BCUT2D eigenvalue weighted by Crippen LogP contribution is -2.33. The van der Waals surface area contributed by atoms with Gasteiger partial charge in [-0.25, -0.2) is 4.90 Å². The fourth-order valence-electron chi connectivity index (χ4n) is 4.16. The quantitative estimate of drug-likeness (QED) is 0.542. The summed E-state index contributed by atoms with van der Waals surface area (Å²) in [5.74, 6) is -0.659. The van der Waals surface area contributed by atoms with E-state index in [2.05, 4.69) is 5.32 Å². The molecule has 33 heavy (non-hydrogen) atoms. The zero-order chi connectivity index (χ0) is 23.9. The maximum Gasteiger partial charge on any atom is 0.282 e. The summed E-state index contributed by atoms with van der Waals surface area (Å²) in [6.45, 7) is 7.85. The average molecular weight is 440 g/mol. The monoisotopic (exact) mass is 439 g/mol. The third-order valence-electron chi connectivity index (χ3n) is 5.99. The van der Waals surface area contributed by atoms with E-state index in [4.69, 9.17) is 0 Å². The van der Waals surface area contributed by atoms with Gasteiger partial charge in [0.25, 0.3) is 11.8 Å². The van der Waals surface area contributed by atoms with Crippen molar-refractivity contribution in [1.29, 1.82) is 0 Å². The molecule has 168 valence electrons. The second kappa shape index (κ2) is 8.58. The van der Waals surface area contributed by atoms with E-state index in [0.717, 1.165) is 39.2 Å². The first-order chi connectivity index (χ1) is 15.7. The number of hydrogen-bond acceptors (Lipinski definition) is 4. The molecule has 5 nitrogen and oxygen atoms in total. The minimum atomic E-state index is -0.347. The normalized spacial score (nSPS) is 13.7. The van der Waals surface area contributed by atoms with Gasteiger partial charge in [-0.15, -0.1) is 0 Å². The molecule has 1 aliphatic rings. The number of hydrogen-bond donors (Lipinski definition) is 1. The van der Waals surface area contributed by atoms with Crippen molar-refractivity contribution >= 4 is 34.4 Å². The summed E-state index contributed by atoms with van der Waals surface area (Å²) in [6.07, 6.45) is 0. The number of amides is 2. The summed E-state index contributed by atoms with van der Waals surface area (Å²) in [7, 11) is 3.95. The van der Waals surface area contributed by atoms with Gasteiger partial charge >= 0.3 is 0 Å². The van der Waals surface area contributed by atoms with Crippen LogP contribution in [-0.2, 0) is 9.59 Å². The summed E-state index contributed by atoms with van der Waals surface area (Å²) >= 11 is 0. The molecule has 0 saturated carbocycles. The largest absolute Gasteiger partial charge is 0.378 e. The molecular formula is C28H29N3O2. The van der Waals surface area contributed by atoms with Gasteiger partial charge in [-0.1, -0.05) is 35.9 Å². The second-order valence-corrected chi connectivity index (χ2v) is 8.87. The molecule has 1 heterocycles. The number of nitrogens with zero attached hydrogens (tertiary/aromatic N) is 2. The Morgan fingerprint density at radius 3 is 2.00 bits per heavy atom. The summed E-state index contributed by atoms with van der Waals surface area (Å²) in [5, 5.41) is 3.26. The lowest BCUT2D eigenvalue weighted by Gasteiger charge is -2.19. The Hall–Kier alpha value is -3.86. The molecule has 1 N–H and O–H groups in total. The highest BCUT2D eigenvalue weighted by atomic mass is 16.2. The number of benzene rings is 3. The number of carbonyl (C=O) groups excluding carboxylic acids is 2. The van der Waals surface area contributed by atoms with Gasteiger partial charge in [0.05, 0.1) is 11.3 Å². The number of nitrogens with one attached hydrogen (secondary N) is 1. The molecular weight excluding hydrogens is 410 g/mol. The van der Waals surface area contributed by atoms with Crippen molar-refractivity contribution in [2.45, 2.75) is 27.7 Å². The van der Waals surface area contributed by atoms with Crippen LogP contribution in [0.5, 0.6) is 0 Å². The molecule has 0 aromatic heterocycles. The minimum absolute atomic E-state index is 0.297. The van der Waals surface area contributed by atoms with Crippen LogP contribution in [-0.4, -0.2) is 25.9 Å². The topological polar surface area (TPSA) is 52.7 Å². The van der Waals surface area contributed by atoms with Crippen molar-refractivity contribution in [3.8, 4) is 0 Å². The molecule has 1 aliphatic heterocycles. The van der Waals surface area contributed by atoms with Gasteiger partial charge in [-0.3, -0.25) is 9.59 Å². The highest BCUT2D eigenvalue weighted by Crippen LogP contribution is 2.36. The molecule has 3 aromatic rings. The van der Waals surface area contributed by atoms with Crippen LogP contribution in [0.1, 0.15) is 27.8 Å². The van der Waals surface area contributed by atoms with E-state index >= 15 is 0 Å². The van der Waals surface area contributed by atoms with Crippen LogP contribution in [0, 0.1) is 27.7 Å². The Kier molecular flexibility index (Phi) is 5.81. The van der Waals surface area contributed by atoms with Gasteiger partial charge in [-0.05, 0) is 80.3 Å². The van der Waals surface area contributed by atoms with Crippen molar-refractivity contribution in [3.63, 3.8) is 0 Å². The highest BCUT2D eigenvalue weighted by Gasteiger charge is 2.41.